The van der Waals surface area contributed by atoms with Crippen LogP contribution in [0.15, 0.2) is 46.2 Å². The van der Waals surface area contributed by atoms with Gasteiger partial charge in [-0.1, -0.05) is 24.8 Å². The molecule has 0 aliphatic heterocycles. The Morgan fingerprint density at radius 2 is 1.67 bits per heavy atom. The third-order valence-electron chi connectivity index (χ3n) is 4.67. The van der Waals surface area contributed by atoms with E-state index in [2.05, 4.69) is 36.4 Å². The maximum Gasteiger partial charge on any atom is 0.203 e. The van der Waals surface area contributed by atoms with Crippen LogP contribution in [0, 0.1) is 0 Å². The smallest absolute Gasteiger partial charge is 0.203 e. The molecule has 0 spiro atoms. The molecule has 1 aromatic heterocycles. The highest BCUT2D eigenvalue weighted by Crippen LogP contribution is 2.47. The second-order valence-corrected chi connectivity index (χ2v) is 8.32. The van der Waals surface area contributed by atoms with Crippen molar-refractivity contribution in [3.8, 4) is 23.0 Å². The summed E-state index contributed by atoms with van der Waals surface area (Å²) in [6, 6.07) is 10.0. The highest BCUT2D eigenvalue weighted by molar-refractivity contribution is 8.07. The molecule has 1 heterocycles. The van der Waals surface area contributed by atoms with Crippen LogP contribution in [-0.4, -0.2) is 39.7 Å². The zero-order valence-electron chi connectivity index (χ0n) is 18.1. The van der Waals surface area contributed by atoms with Crippen LogP contribution in [0.5, 0.6) is 23.0 Å². The lowest BCUT2D eigenvalue weighted by molar-refractivity contribution is 0.323. The number of aromatic nitrogens is 1. The minimum Gasteiger partial charge on any atom is -0.497 e. The Kier molecular flexibility index (Phi) is 7.50. The number of methoxy groups -OCH3 is 4. The summed E-state index contributed by atoms with van der Waals surface area (Å²) in [6.45, 7) is 2.15. The van der Waals surface area contributed by atoms with Gasteiger partial charge in [-0.25, -0.2) is 0 Å². The molecule has 0 unspecified atom stereocenters. The molecular formula is C23H27NO4S2. The summed E-state index contributed by atoms with van der Waals surface area (Å²) in [5.41, 5.74) is 2.17. The number of thioether (sulfide) groups is 1. The van der Waals surface area contributed by atoms with Gasteiger partial charge in [-0.05, 0) is 43.0 Å². The zero-order chi connectivity index (χ0) is 21.7. The average Bonchev–Trinajstić information content (AvgIpc) is 3.13. The van der Waals surface area contributed by atoms with E-state index in [1.165, 1.54) is 4.91 Å². The number of H-pyrrole nitrogens is 1. The maximum absolute atomic E-state index is 5.54. The Morgan fingerprint density at radius 3 is 2.20 bits per heavy atom. The predicted octanol–water partition coefficient (Wildman–Crippen LogP) is 6.47. The fraction of sp³-hybridized carbons (Fsp3) is 0.304. The summed E-state index contributed by atoms with van der Waals surface area (Å²) < 4.78 is 22.0. The summed E-state index contributed by atoms with van der Waals surface area (Å²) in [5, 5.41) is 1.11. The minimum absolute atomic E-state index is 0.584. The second kappa shape index (κ2) is 10.1. The van der Waals surface area contributed by atoms with Crippen LogP contribution in [0.3, 0.4) is 0 Å². The van der Waals surface area contributed by atoms with Crippen LogP contribution in [0.25, 0.3) is 15.8 Å². The van der Waals surface area contributed by atoms with Crippen LogP contribution in [0.4, 0.5) is 0 Å². The molecular weight excluding hydrogens is 418 g/mol. The first-order valence-electron chi connectivity index (χ1n) is 9.52. The summed E-state index contributed by atoms with van der Waals surface area (Å²) in [7, 11) is 6.55. The molecule has 0 fully saturated rings. The molecule has 0 aliphatic carbocycles. The minimum atomic E-state index is 0.584. The number of ether oxygens (including phenoxy) is 4. The lowest BCUT2D eigenvalue weighted by Gasteiger charge is -2.14. The van der Waals surface area contributed by atoms with Crippen LogP contribution in [-0.2, 0) is 0 Å². The molecule has 0 saturated carbocycles. The maximum atomic E-state index is 5.54. The summed E-state index contributed by atoms with van der Waals surface area (Å²) >= 11 is 3.40. The summed E-state index contributed by atoms with van der Waals surface area (Å²) in [5.74, 6) is 2.67. The highest BCUT2D eigenvalue weighted by Gasteiger charge is 2.19. The number of aromatic amines is 1. The number of allylic oxidation sites excluding steroid dienone is 1. The van der Waals surface area contributed by atoms with Gasteiger partial charge in [0.2, 0.25) is 5.75 Å². The first-order valence-corrected chi connectivity index (χ1v) is 11.6. The molecule has 7 heteroatoms. The largest absolute Gasteiger partial charge is 0.497 e. The van der Waals surface area contributed by atoms with E-state index < -0.39 is 0 Å². The van der Waals surface area contributed by atoms with E-state index in [1.807, 2.05) is 18.2 Å². The van der Waals surface area contributed by atoms with E-state index in [1.54, 1.807) is 52.0 Å². The van der Waals surface area contributed by atoms with E-state index in [4.69, 9.17) is 18.9 Å². The van der Waals surface area contributed by atoms with Crippen molar-refractivity contribution in [1.82, 2.24) is 4.98 Å². The SMILES string of the molecule is CC/C=C(\SC)c1[nH]c2ccc(OC)cc2c1Sc1cc(OC)c(OC)c(OC)c1. The van der Waals surface area contributed by atoms with Gasteiger partial charge in [-0.2, -0.15) is 0 Å². The van der Waals surface area contributed by atoms with Crippen molar-refractivity contribution in [2.45, 2.75) is 23.1 Å². The molecule has 5 nitrogen and oxygen atoms in total. The fourth-order valence-corrected chi connectivity index (χ4v) is 5.12. The van der Waals surface area contributed by atoms with E-state index in [0.29, 0.717) is 17.2 Å². The van der Waals surface area contributed by atoms with Crippen molar-refractivity contribution in [3.63, 3.8) is 0 Å². The molecule has 0 amide bonds. The molecule has 0 saturated heterocycles. The fourth-order valence-electron chi connectivity index (χ4n) is 3.26. The second-order valence-electron chi connectivity index (χ2n) is 6.38. The molecule has 3 aromatic rings. The first-order chi connectivity index (χ1) is 14.6. The third-order valence-corrected chi connectivity index (χ3v) is 6.58. The van der Waals surface area contributed by atoms with Crippen LogP contribution in [0.1, 0.15) is 19.0 Å². The Morgan fingerprint density at radius 1 is 0.967 bits per heavy atom. The van der Waals surface area contributed by atoms with Gasteiger partial charge in [0, 0.05) is 25.6 Å². The molecule has 0 atom stereocenters. The molecule has 0 aliphatic rings. The standard InChI is InChI=1S/C23H27NO4S2/c1-7-8-20(29-6)21-23(16-11-14(25-2)9-10-17(16)24-21)30-15-12-18(26-3)22(28-5)19(13-15)27-4/h8-13,24H,7H2,1-6H3/b20-8-. The van der Waals surface area contributed by atoms with E-state index >= 15 is 0 Å². The Labute approximate surface area is 186 Å². The molecule has 160 valence electrons. The number of nitrogens with one attached hydrogen (secondary N) is 1. The van der Waals surface area contributed by atoms with Crippen LogP contribution >= 0.6 is 23.5 Å². The lowest BCUT2D eigenvalue weighted by Crippen LogP contribution is -1.95. The number of rotatable bonds is 9. The van der Waals surface area contributed by atoms with Crippen molar-refractivity contribution >= 4 is 39.3 Å². The van der Waals surface area contributed by atoms with Gasteiger partial charge in [0.25, 0.3) is 0 Å². The number of benzene rings is 2. The highest BCUT2D eigenvalue weighted by atomic mass is 32.2. The van der Waals surface area contributed by atoms with Gasteiger partial charge in [-0.3, -0.25) is 0 Å². The van der Waals surface area contributed by atoms with Gasteiger partial charge >= 0.3 is 0 Å². The number of hydrogen-bond acceptors (Lipinski definition) is 6. The van der Waals surface area contributed by atoms with E-state index in [-0.39, 0.29) is 0 Å². The molecule has 0 radical (unpaired) electrons. The molecule has 2 aromatic carbocycles. The Bertz CT molecular complexity index is 1030. The van der Waals surface area contributed by atoms with Gasteiger partial charge < -0.3 is 23.9 Å². The van der Waals surface area contributed by atoms with Gasteiger partial charge in [0.1, 0.15) is 5.75 Å². The monoisotopic (exact) mass is 445 g/mol. The molecule has 1 N–H and O–H groups in total. The quantitative estimate of drug-likeness (QED) is 0.407. The van der Waals surface area contributed by atoms with Crippen molar-refractivity contribution < 1.29 is 18.9 Å². The topological polar surface area (TPSA) is 52.7 Å². The normalized spacial score (nSPS) is 11.6. The number of fused-ring (bicyclic) bond motifs is 1. The Balaban J connectivity index is 2.20. The van der Waals surface area contributed by atoms with Gasteiger partial charge in [0.15, 0.2) is 11.5 Å². The van der Waals surface area contributed by atoms with Crippen molar-refractivity contribution in [1.29, 1.82) is 0 Å². The molecule has 3 rings (SSSR count). The van der Waals surface area contributed by atoms with Gasteiger partial charge in [-0.15, -0.1) is 11.8 Å². The van der Waals surface area contributed by atoms with Crippen molar-refractivity contribution in [2.24, 2.45) is 0 Å². The predicted molar refractivity (Wildman–Crippen MR) is 127 cm³/mol. The third kappa shape index (κ3) is 4.37. The Hall–Kier alpha value is -2.38. The average molecular weight is 446 g/mol. The van der Waals surface area contributed by atoms with E-state index in [9.17, 15) is 0 Å². The zero-order valence-corrected chi connectivity index (χ0v) is 19.8. The van der Waals surface area contributed by atoms with Crippen LogP contribution in [0.2, 0.25) is 0 Å². The van der Waals surface area contributed by atoms with E-state index in [0.717, 1.165) is 38.6 Å². The molecule has 0 bridgehead atoms. The van der Waals surface area contributed by atoms with Crippen molar-refractivity contribution in [2.75, 3.05) is 34.7 Å². The first kappa shape index (κ1) is 22.3. The van der Waals surface area contributed by atoms with Crippen LogP contribution < -0.4 is 18.9 Å². The van der Waals surface area contributed by atoms with Crippen molar-refractivity contribution in [3.05, 3.63) is 42.1 Å². The number of hydrogen-bond donors (Lipinski definition) is 1. The molecule has 30 heavy (non-hydrogen) atoms. The lowest BCUT2D eigenvalue weighted by atomic mass is 10.2. The van der Waals surface area contributed by atoms with Gasteiger partial charge in [0.05, 0.1) is 34.1 Å². The summed E-state index contributed by atoms with van der Waals surface area (Å²) in [4.78, 5) is 6.93. The summed E-state index contributed by atoms with van der Waals surface area (Å²) in [6.07, 6.45) is 5.30.